The van der Waals surface area contributed by atoms with Crippen LogP contribution in [0, 0.1) is 6.92 Å². The summed E-state index contributed by atoms with van der Waals surface area (Å²) in [5, 5.41) is 3.26. The Balaban J connectivity index is 0.00000261. The van der Waals surface area contributed by atoms with Crippen LogP contribution in [0.25, 0.3) is 0 Å². The predicted octanol–water partition coefficient (Wildman–Crippen LogP) is 2.65. The zero-order chi connectivity index (χ0) is 18.6. The largest absolute Gasteiger partial charge is 0.337 e. The summed E-state index contributed by atoms with van der Waals surface area (Å²) in [7, 11) is -3.69. The van der Waals surface area contributed by atoms with Crippen LogP contribution in [0.15, 0.2) is 53.4 Å². The molecular formula is C19H24ClN3O3S. The Morgan fingerprint density at radius 2 is 1.74 bits per heavy atom. The van der Waals surface area contributed by atoms with Crippen LogP contribution >= 0.6 is 12.4 Å². The van der Waals surface area contributed by atoms with E-state index in [1.54, 1.807) is 29.2 Å². The SMILES string of the molecule is Cc1ccccc1NS(=O)(=O)c1ccc(C(=O)N2CCCNCC2)cc1.Cl. The summed E-state index contributed by atoms with van der Waals surface area (Å²) >= 11 is 0. The van der Waals surface area contributed by atoms with Gasteiger partial charge in [-0.1, -0.05) is 18.2 Å². The van der Waals surface area contributed by atoms with Crippen molar-refractivity contribution in [1.82, 2.24) is 10.2 Å². The quantitative estimate of drug-likeness (QED) is 0.813. The van der Waals surface area contributed by atoms with Crippen LogP contribution in [0.3, 0.4) is 0 Å². The van der Waals surface area contributed by atoms with E-state index < -0.39 is 10.0 Å². The minimum Gasteiger partial charge on any atom is -0.337 e. The summed E-state index contributed by atoms with van der Waals surface area (Å²) in [5.41, 5.74) is 1.89. The second kappa shape index (κ2) is 9.21. The van der Waals surface area contributed by atoms with Crippen molar-refractivity contribution >= 4 is 34.0 Å². The highest BCUT2D eigenvalue weighted by Crippen LogP contribution is 2.20. The van der Waals surface area contributed by atoms with Crippen molar-refractivity contribution < 1.29 is 13.2 Å². The van der Waals surface area contributed by atoms with Crippen molar-refractivity contribution in [3.8, 4) is 0 Å². The van der Waals surface area contributed by atoms with E-state index in [9.17, 15) is 13.2 Å². The first-order valence-electron chi connectivity index (χ1n) is 8.66. The first kappa shape index (κ1) is 21.2. The molecule has 1 aliphatic heterocycles. The maximum absolute atomic E-state index is 12.6. The van der Waals surface area contributed by atoms with E-state index in [1.807, 2.05) is 19.1 Å². The number of carbonyl (C=O) groups is 1. The number of hydrogen-bond acceptors (Lipinski definition) is 4. The summed E-state index contributed by atoms with van der Waals surface area (Å²) in [6.07, 6.45) is 0.915. The molecule has 0 aromatic heterocycles. The molecule has 8 heteroatoms. The number of halogens is 1. The van der Waals surface area contributed by atoms with Gasteiger partial charge in [0.1, 0.15) is 0 Å². The van der Waals surface area contributed by atoms with Crippen LogP contribution < -0.4 is 10.0 Å². The van der Waals surface area contributed by atoms with Crippen LogP contribution in [0.2, 0.25) is 0 Å². The lowest BCUT2D eigenvalue weighted by atomic mass is 10.2. The number of benzene rings is 2. The van der Waals surface area contributed by atoms with E-state index >= 15 is 0 Å². The topological polar surface area (TPSA) is 78.5 Å². The number of carbonyl (C=O) groups excluding carboxylic acids is 1. The number of nitrogens with zero attached hydrogens (tertiary/aromatic N) is 1. The third-order valence-corrected chi connectivity index (χ3v) is 5.81. The molecule has 1 amide bonds. The highest BCUT2D eigenvalue weighted by molar-refractivity contribution is 7.92. The van der Waals surface area contributed by atoms with Gasteiger partial charge in [0.15, 0.2) is 0 Å². The van der Waals surface area contributed by atoms with E-state index in [2.05, 4.69) is 10.0 Å². The highest BCUT2D eigenvalue weighted by Gasteiger charge is 2.19. The highest BCUT2D eigenvalue weighted by atomic mass is 35.5. The number of amides is 1. The molecule has 0 saturated carbocycles. The van der Waals surface area contributed by atoms with Crippen molar-refractivity contribution in [3.63, 3.8) is 0 Å². The molecule has 1 aliphatic rings. The van der Waals surface area contributed by atoms with Crippen molar-refractivity contribution in [3.05, 3.63) is 59.7 Å². The number of aryl methyl sites for hydroxylation is 1. The van der Waals surface area contributed by atoms with Gasteiger partial charge in [0.05, 0.1) is 10.6 Å². The molecule has 0 unspecified atom stereocenters. The second-order valence-electron chi connectivity index (χ2n) is 6.34. The Bertz CT molecular complexity index is 877. The Kier molecular flexibility index (Phi) is 7.24. The van der Waals surface area contributed by atoms with Crippen molar-refractivity contribution in [2.75, 3.05) is 30.9 Å². The van der Waals surface area contributed by atoms with Crippen LogP contribution in [0.5, 0.6) is 0 Å². The second-order valence-corrected chi connectivity index (χ2v) is 8.02. The van der Waals surface area contributed by atoms with E-state index in [1.165, 1.54) is 12.1 Å². The molecule has 2 aromatic carbocycles. The minimum atomic E-state index is -3.69. The monoisotopic (exact) mass is 409 g/mol. The number of rotatable bonds is 4. The molecule has 3 rings (SSSR count). The van der Waals surface area contributed by atoms with Gasteiger partial charge in [-0.25, -0.2) is 8.42 Å². The molecule has 6 nitrogen and oxygen atoms in total. The maximum atomic E-state index is 12.6. The van der Waals surface area contributed by atoms with Crippen LogP contribution in [0.1, 0.15) is 22.3 Å². The van der Waals surface area contributed by atoms with Crippen LogP contribution in [-0.4, -0.2) is 45.4 Å². The average molecular weight is 410 g/mol. The minimum absolute atomic E-state index is 0. The molecule has 0 radical (unpaired) electrons. The summed E-state index contributed by atoms with van der Waals surface area (Å²) in [5.74, 6) is -0.0653. The summed E-state index contributed by atoms with van der Waals surface area (Å²) in [6.45, 7) is 4.90. The zero-order valence-corrected chi connectivity index (χ0v) is 16.8. The van der Waals surface area contributed by atoms with Crippen molar-refractivity contribution in [1.29, 1.82) is 0 Å². The van der Waals surface area contributed by atoms with Crippen molar-refractivity contribution in [2.45, 2.75) is 18.2 Å². The lowest BCUT2D eigenvalue weighted by molar-refractivity contribution is 0.0766. The lowest BCUT2D eigenvalue weighted by Crippen LogP contribution is -2.34. The summed E-state index contributed by atoms with van der Waals surface area (Å²) < 4.78 is 27.7. The van der Waals surface area contributed by atoms with Crippen molar-refractivity contribution in [2.24, 2.45) is 0 Å². The summed E-state index contributed by atoms with van der Waals surface area (Å²) in [6, 6.07) is 13.3. The van der Waals surface area contributed by atoms with Gasteiger partial charge >= 0.3 is 0 Å². The van der Waals surface area contributed by atoms with E-state index in [0.717, 1.165) is 25.1 Å². The van der Waals surface area contributed by atoms with Gasteiger partial charge in [0.2, 0.25) is 0 Å². The van der Waals surface area contributed by atoms with Gasteiger partial charge in [0, 0.05) is 25.2 Å². The zero-order valence-electron chi connectivity index (χ0n) is 15.1. The van der Waals surface area contributed by atoms with E-state index in [0.29, 0.717) is 24.3 Å². The average Bonchev–Trinajstić information content (AvgIpc) is 2.92. The molecule has 2 aromatic rings. The fourth-order valence-electron chi connectivity index (χ4n) is 2.90. The molecule has 1 saturated heterocycles. The first-order valence-corrected chi connectivity index (χ1v) is 10.1. The van der Waals surface area contributed by atoms with E-state index in [-0.39, 0.29) is 23.2 Å². The molecule has 1 heterocycles. The molecule has 146 valence electrons. The van der Waals surface area contributed by atoms with Gasteiger partial charge in [-0.3, -0.25) is 9.52 Å². The Labute approximate surface area is 166 Å². The fourth-order valence-corrected chi connectivity index (χ4v) is 4.03. The molecule has 0 atom stereocenters. The maximum Gasteiger partial charge on any atom is 0.261 e. The van der Waals surface area contributed by atoms with Gasteiger partial charge < -0.3 is 10.2 Å². The lowest BCUT2D eigenvalue weighted by Gasteiger charge is -2.20. The molecule has 2 N–H and O–H groups in total. The number of hydrogen-bond donors (Lipinski definition) is 2. The van der Waals surface area contributed by atoms with Gasteiger partial charge in [-0.2, -0.15) is 0 Å². The standard InChI is InChI=1S/C19H23N3O3S.ClH/c1-15-5-2-3-6-18(15)21-26(24,25)17-9-7-16(8-10-17)19(23)22-13-4-11-20-12-14-22;/h2-3,5-10,20-21H,4,11-14H2,1H3;1H. The fraction of sp³-hybridized carbons (Fsp3) is 0.316. The molecule has 0 aliphatic carbocycles. The molecule has 27 heavy (non-hydrogen) atoms. The third kappa shape index (κ3) is 5.22. The Morgan fingerprint density at radius 1 is 1.04 bits per heavy atom. The molecule has 0 spiro atoms. The number of sulfonamides is 1. The van der Waals surface area contributed by atoms with Gasteiger partial charge in [0.25, 0.3) is 15.9 Å². The molecule has 0 bridgehead atoms. The Morgan fingerprint density at radius 3 is 2.44 bits per heavy atom. The van der Waals surface area contributed by atoms with Crippen LogP contribution in [0.4, 0.5) is 5.69 Å². The Hall–Kier alpha value is -2.09. The number of para-hydroxylation sites is 1. The number of anilines is 1. The van der Waals surface area contributed by atoms with Gasteiger partial charge in [-0.05, 0) is 55.8 Å². The van der Waals surface area contributed by atoms with Gasteiger partial charge in [-0.15, -0.1) is 12.4 Å². The summed E-state index contributed by atoms with van der Waals surface area (Å²) in [4.78, 5) is 14.5. The third-order valence-electron chi connectivity index (χ3n) is 4.43. The molecular weight excluding hydrogens is 386 g/mol. The normalized spacial score (nSPS) is 14.8. The number of nitrogens with one attached hydrogen (secondary N) is 2. The van der Waals surface area contributed by atoms with Crippen LogP contribution in [-0.2, 0) is 10.0 Å². The van der Waals surface area contributed by atoms with E-state index in [4.69, 9.17) is 0 Å². The smallest absolute Gasteiger partial charge is 0.261 e. The first-order chi connectivity index (χ1) is 12.5. The predicted molar refractivity (Wildman–Crippen MR) is 109 cm³/mol. The molecule has 1 fully saturated rings.